The molecule has 36 heavy (non-hydrogen) atoms. The van der Waals surface area contributed by atoms with E-state index in [4.69, 9.17) is 9.72 Å². The second-order valence-electron chi connectivity index (χ2n) is 9.69. The molecular weight excluding hydrogens is 476 g/mol. The summed E-state index contributed by atoms with van der Waals surface area (Å²) >= 11 is 0. The van der Waals surface area contributed by atoms with E-state index in [1.807, 2.05) is 38.1 Å². The predicted molar refractivity (Wildman–Crippen MR) is 141 cm³/mol. The number of sulfonamides is 1. The fourth-order valence-electron chi connectivity index (χ4n) is 5.06. The molecule has 1 atom stereocenters. The molecule has 9 heteroatoms. The number of aryl methyl sites for hydroxylation is 2. The SMILES string of the molecule is Cc1cc(C)cc(NC(=O)[C@@H]2CCCN(c3ccc4cc(S(=O)(=O)N5CCOCC5)ccc4n3)C2)c1. The van der Waals surface area contributed by atoms with E-state index < -0.39 is 10.0 Å². The van der Waals surface area contributed by atoms with Gasteiger partial charge in [-0.25, -0.2) is 13.4 Å². The van der Waals surface area contributed by atoms with E-state index in [0.717, 1.165) is 52.9 Å². The minimum absolute atomic E-state index is 0.0310. The van der Waals surface area contributed by atoms with Crippen molar-refractivity contribution in [3.63, 3.8) is 0 Å². The number of hydrogen-bond donors (Lipinski definition) is 1. The number of anilines is 2. The maximum Gasteiger partial charge on any atom is 0.243 e. The number of carbonyl (C=O) groups is 1. The van der Waals surface area contributed by atoms with Crippen LogP contribution in [0.2, 0.25) is 0 Å². The van der Waals surface area contributed by atoms with Gasteiger partial charge >= 0.3 is 0 Å². The molecule has 5 rings (SSSR count). The first-order chi connectivity index (χ1) is 17.3. The number of ether oxygens (including phenoxy) is 1. The Balaban J connectivity index is 1.31. The van der Waals surface area contributed by atoms with Crippen LogP contribution in [0.15, 0.2) is 53.4 Å². The number of amides is 1. The zero-order chi connectivity index (χ0) is 25.3. The Kier molecular flexibility index (Phi) is 6.96. The van der Waals surface area contributed by atoms with Crippen LogP contribution in [0.4, 0.5) is 11.5 Å². The Morgan fingerprint density at radius 2 is 1.75 bits per heavy atom. The molecule has 0 spiro atoms. The van der Waals surface area contributed by atoms with E-state index in [9.17, 15) is 13.2 Å². The maximum absolute atomic E-state index is 13.0. The highest BCUT2D eigenvalue weighted by molar-refractivity contribution is 7.89. The van der Waals surface area contributed by atoms with E-state index >= 15 is 0 Å². The van der Waals surface area contributed by atoms with Crippen molar-refractivity contribution in [2.24, 2.45) is 5.92 Å². The zero-order valence-electron chi connectivity index (χ0n) is 20.7. The first-order valence-electron chi connectivity index (χ1n) is 12.4. The zero-order valence-corrected chi connectivity index (χ0v) is 21.6. The smallest absolute Gasteiger partial charge is 0.243 e. The van der Waals surface area contributed by atoms with Crippen molar-refractivity contribution in [1.29, 1.82) is 0 Å². The van der Waals surface area contributed by atoms with Gasteiger partial charge in [-0.2, -0.15) is 4.31 Å². The van der Waals surface area contributed by atoms with Gasteiger partial charge in [0.25, 0.3) is 0 Å². The van der Waals surface area contributed by atoms with Crippen LogP contribution in [0.25, 0.3) is 10.9 Å². The highest BCUT2D eigenvalue weighted by atomic mass is 32.2. The molecule has 0 bridgehead atoms. The number of rotatable bonds is 5. The van der Waals surface area contributed by atoms with E-state index in [1.54, 1.807) is 18.2 Å². The summed E-state index contributed by atoms with van der Waals surface area (Å²) in [4.78, 5) is 20.2. The number of pyridine rings is 1. The summed E-state index contributed by atoms with van der Waals surface area (Å²) in [5, 5.41) is 3.86. The number of fused-ring (bicyclic) bond motifs is 1. The quantitative estimate of drug-likeness (QED) is 0.565. The molecule has 1 N–H and O–H groups in total. The van der Waals surface area contributed by atoms with Crippen LogP contribution in [0.3, 0.4) is 0 Å². The van der Waals surface area contributed by atoms with Crippen LogP contribution in [0.5, 0.6) is 0 Å². The number of benzene rings is 2. The van der Waals surface area contributed by atoms with Crippen molar-refractivity contribution in [1.82, 2.24) is 9.29 Å². The average Bonchev–Trinajstić information content (AvgIpc) is 2.88. The minimum Gasteiger partial charge on any atom is -0.379 e. The molecule has 2 aromatic carbocycles. The van der Waals surface area contributed by atoms with Gasteiger partial charge in [0.1, 0.15) is 5.82 Å². The summed E-state index contributed by atoms with van der Waals surface area (Å²) in [6.07, 6.45) is 1.74. The van der Waals surface area contributed by atoms with E-state index in [2.05, 4.69) is 16.3 Å². The van der Waals surface area contributed by atoms with Crippen LogP contribution >= 0.6 is 0 Å². The van der Waals surface area contributed by atoms with Gasteiger partial charge in [-0.1, -0.05) is 6.07 Å². The van der Waals surface area contributed by atoms with Crippen molar-refractivity contribution < 1.29 is 17.9 Å². The molecule has 1 aromatic heterocycles. The van der Waals surface area contributed by atoms with Crippen molar-refractivity contribution in [2.45, 2.75) is 31.6 Å². The first-order valence-corrected chi connectivity index (χ1v) is 13.9. The van der Waals surface area contributed by atoms with Gasteiger partial charge in [0.15, 0.2) is 0 Å². The third-order valence-corrected chi connectivity index (χ3v) is 8.75. The summed E-state index contributed by atoms with van der Waals surface area (Å²) in [6.45, 7) is 7.03. The molecule has 190 valence electrons. The normalized spacial score (nSPS) is 19.4. The molecule has 0 unspecified atom stereocenters. The summed E-state index contributed by atoms with van der Waals surface area (Å²) in [5.74, 6) is 0.705. The van der Waals surface area contributed by atoms with Gasteiger partial charge < -0.3 is 15.0 Å². The monoisotopic (exact) mass is 508 g/mol. The number of piperidine rings is 1. The molecule has 0 radical (unpaired) electrons. The Hall–Kier alpha value is -3.01. The van der Waals surface area contributed by atoms with Crippen LogP contribution in [-0.4, -0.2) is 63.0 Å². The Morgan fingerprint density at radius 3 is 2.50 bits per heavy atom. The van der Waals surface area contributed by atoms with Crippen molar-refractivity contribution in [3.05, 3.63) is 59.7 Å². The van der Waals surface area contributed by atoms with Crippen LogP contribution < -0.4 is 10.2 Å². The molecule has 3 heterocycles. The molecular formula is C27H32N4O4S. The minimum atomic E-state index is -3.56. The van der Waals surface area contributed by atoms with Gasteiger partial charge in [-0.05, 0) is 80.3 Å². The lowest BCUT2D eigenvalue weighted by Gasteiger charge is -2.33. The van der Waals surface area contributed by atoms with Gasteiger partial charge in [0.2, 0.25) is 15.9 Å². The Labute approximate surface area is 212 Å². The summed E-state index contributed by atoms with van der Waals surface area (Å²) in [6, 6.07) is 15.0. The molecule has 8 nitrogen and oxygen atoms in total. The topological polar surface area (TPSA) is 91.8 Å². The number of morpholine rings is 1. The summed E-state index contributed by atoms with van der Waals surface area (Å²) in [5.41, 5.74) is 3.81. The van der Waals surface area contributed by atoms with Gasteiger partial charge in [0, 0.05) is 37.3 Å². The number of nitrogens with zero attached hydrogens (tertiary/aromatic N) is 3. The summed E-state index contributed by atoms with van der Waals surface area (Å²) < 4.78 is 32.8. The predicted octanol–water partition coefficient (Wildman–Crippen LogP) is 3.73. The lowest BCUT2D eigenvalue weighted by molar-refractivity contribution is -0.120. The third kappa shape index (κ3) is 5.23. The molecule has 2 fully saturated rings. The molecule has 0 aliphatic carbocycles. The van der Waals surface area contributed by atoms with Crippen molar-refractivity contribution >= 4 is 38.3 Å². The third-order valence-electron chi connectivity index (χ3n) is 6.86. The van der Waals surface area contributed by atoms with Gasteiger partial charge in [0.05, 0.1) is 29.5 Å². The highest BCUT2D eigenvalue weighted by Crippen LogP contribution is 2.27. The molecule has 0 saturated carbocycles. The second-order valence-corrected chi connectivity index (χ2v) is 11.6. The highest BCUT2D eigenvalue weighted by Gasteiger charge is 2.28. The van der Waals surface area contributed by atoms with E-state index in [1.165, 1.54) is 4.31 Å². The molecule has 2 saturated heterocycles. The Bertz CT molecular complexity index is 1370. The first kappa shape index (κ1) is 24.7. The largest absolute Gasteiger partial charge is 0.379 e. The van der Waals surface area contributed by atoms with Crippen molar-refractivity contribution in [3.8, 4) is 0 Å². The fraction of sp³-hybridized carbons (Fsp3) is 0.407. The number of carbonyl (C=O) groups excluding carboxylic acids is 1. The lowest BCUT2D eigenvalue weighted by atomic mass is 9.96. The maximum atomic E-state index is 13.0. The average molecular weight is 509 g/mol. The molecule has 2 aliphatic rings. The standard InChI is InChI=1S/C27H32N4O4S/c1-19-14-20(2)16-23(15-19)28-27(32)22-4-3-9-30(18-22)26-8-5-21-17-24(6-7-25(21)29-26)36(33,34)31-10-12-35-13-11-31/h5-8,14-17,22H,3-4,9-13,18H2,1-2H3,(H,28,32)/t22-/m1/s1. The van der Waals surface area contributed by atoms with Crippen LogP contribution in [-0.2, 0) is 19.6 Å². The molecule has 2 aliphatic heterocycles. The number of aromatic nitrogens is 1. The second kappa shape index (κ2) is 10.2. The van der Waals surface area contributed by atoms with Crippen LogP contribution in [0, 0.1) is 19.8 Å². The van der Waals surface area contributed by atoms with Gasteiger partial charge in [-0.3, -0.25) is 4.79 Å². The molecule has 3 aromatic rings. The van der Waals surface area contributed by atoms with Gasteiger partial charge in [-0.15, -0.1) is 0 Å². The lowest BCUT2D eigenvalue weighted by Crippen LogP contribution is -2.41. The van der Waals surface area contributed by atoms with E-state index in [0.29, 0.717) is 32.8 Å². The van der Waals surface area contributed by atoms with E-state index in [-0.39, 0.29) is 16.7 Å². The summed E-state index contributed by atoms with van der Waals surface area (Å²) in [7, 11) is -3.56. The molecule has 1 amide bonds. The van der Waals surface area contributed by atoms with Crippen LogP contribution in [0.1, 0.15) is 24.0 Å². The number of nitrogens with one attached hydrogen (secondary N) is 1. The fourth-order valence-corrected chi connectivity index (χ4v) is 6.50. The Morgan fingerprint density at radius 1 is 1.00 bits per heavy atom. The van der Waals surface area contributed by atoms with Crippen molar-refractivity contribution in [2.75, 3.05) is 49.6 Å². The number of hydrogen-bond acceptors (Lipinski definition) is 6.